The van der Waals surface area contributed by atoms with Gasteiger partial charge in [-0.25, -0.2) is 0 Å². The molecule has 1 aliphatic rings. The highest BCUT2D eigenvalue weighted by molar-refractivity contribution is 5.66. The second-order valence-electron chi connectivity index (χ2n) is 3.92. The number of carbonyl (C=O) groups is 1. The van der Waals surface area contributed by atoms with E-state index in [1.807, 2.05) is 0 Å². The molecule has 1 aliphatic carbocycles. The molecule has 0 amide bonds. The molecule has 1 fully saturated rings. The van der Waals surface area contributed by atoms with Crippen molar-refractivity contribution in [1.82, 2.24) is 0 Å². The van der Waals surface area contributed by atoms with Crippen molar-refractivity contribution >= 4 is 5.97 Å². The van der Waals surface area contributed by atoms with E-state index in [1.165, 1.54) is 13.3 Å². The largest absolute Gasteiger partial charge is 0.453 e. The van der Waals surface area contributed by atoms with Gasteiger partial charge in [-0.05, 0) is 43.4 Å². The van der Waals surface area contributed by atoms with Gasteiger partial charge in [-0.3, -0.25) is 4.79 Å². The number of ether oxygens (including phenoxy) is 1. The molecule has 0 saturated heterocycles. The molecule has 0 atom stereocenters. The smallest absolute Gasteiger partial charge is 0.303 e. The monoisotopic (exact) mass is 220 g/mol. The molecule has 0 bridgehead atoms. The van der Waals surface area contributed by atoms with Crippen LogP contribution < -0.4 is 0 Å². The van der Waals surface area contributed by atoms with E-state index < -0.39 is 5.60 Å². The SMILES string of the molecule is CC(=O)OCC#CC#CC1(O)CCCCC1. The standard InChI is InChI=1S/C13H16O3/c1-12(14)16-11-7-3-6-10-13(15)8-4-2-5-9-13/h15H,2,4-5,8-9,11H2,1H3. The highest BCUT2D eigenvalue weighted by atomic mass is 16.5. The van der Waals surface area contributed by atoms with E-state index in [9.17, 15) is 9.90 Å². The molecular weight excluding hydrogens is 204 g/mol. The maximum Gasteiger partial charge on any atom is 0.303 e. The van der Waals surface area contributed by atoms with Crippen molar-refractivity contribution in [3.8, 4) is 23.7 Å². The Labute approximate surface area is 96.2 Å². The summed E-state index contributed by atoms with van der Waals surface area (Å²) in [5, 5.41) is 9.99. The highest BCUT2D eigenvalue weighted by Gasteiger charge is 2.26. The topological polar surface area (TPSA) is 46.5 Å². The summed E-state index contributed by atoms with van der Waals surface area (Å²) in [7, 11) is 0. The molecule has 0 radical (unpaired) electrons. The molecule has 0 unspecified atom stereocenters. The number of carbonyl (C=O) groups excluding carboxylic acids is 1. The molecule has 0 aromatic carbocycles. The van der Waals surface area contributed by atoms with Gasteiger partial charge in [-0.15, -0.1) is 0 Å². The van der Waals surface area contributed by atoms with E-state index in [4.69, 9.17) is 0 Å². The van der Waals surface area contributed by atoms with Crippen molar-refractivity contribution in [2.45, 2.75) is 44.6 Å². The van der Waals surface area contributed by atoms with Gasteiger partial charge in [-0.2, -0.15) is 0 Å². The third-order valence-electron chi connectivity index (χ3n) is 2.47. The third kappa shape index (κ3) is 4.87. The van der Waals surface area contributed by atoms with Crippen LogP contribution in [0.4, 0.5) is 0 Å². The van der Waals surface area contributed by atoms with Crippen LogP contribution in [0.5, 0.6) is 0 Å². The molecule has 1 saturated carbocycles. The zero-order valence-electron chi connectivity index (χ0n) is 9.51. The first kappa shape index (κ1) is 12.6. The van der Waals surface area contributed by atoms with Crippen molar-refractivity contribution < 1.29 is 14.6 Å². The Kier molecular flexibility index (Phi) is 4.89. The van der Waals surface area contributed by atoms with Crippen molar-refractivity contribution in [3.05, 3.63) is 0 Å². The maximum atomic E-state index is 10.4. The van der Waals surface area contributed by atoms with Gasteiger partial charge in [0, 0.05) is 6.92 Å². The molecule has 0 aromatic heterocycles. The van der Waals surface area contributed by atoms with Gasteiger partial charge in [0.1, 0.15) is 5.60 Å². The van der Waals surface area contributed by atoms with Gasteiger partial charge in [0.2, 0.25) is 0 Å². The molecule has 1 N–H and O–H groups in total. The summed E-state index contributed by atoms with van der Waals surface area (Å²) in [6.45, 7) is 1.39. The van der Waals surface area contributed by atoms with Crippen LogP contribution in [-0.4, -0.2) is 23.3 Å². The number of rotatable bonds is 1. The zero-order valence-corrected chi connectivity index (χ0v) is 9.51. The predicted octanol–water partition coefficient (Wildman–Crippen LogP) is 1.25. The number of aliphatic hydroxyl groups is 1. The first-order valence-electron chi connectivity index (χ1n) is 5.48. The van der Waals surface area contributed by atoms with Crippen LogP contribution >= 0.6 is 0 Å². The summed E-state index contributed by atoms with van der Waals surface area (Å²) in [5.41, 5.74) is -0.853. The van der Waals surface area contributed by atoms with Gasteiger partial charge in [0.05, 0.1) is 0 Å². The lowest BCUT2D eigenvalue weighted by molar-refractivity contribution is -0.139. The van der Waals surface area contributed by atoms with Gasteiger partial charge in [0.15, 0.2) is 6.61 Å². The Hall–Kier alpha value is -1.45. The van der Waals surface area contributed by atoms with Crippen molar-refractivity contribution in [2.24, 2.45) is 0 Å². The Balaban J connectivity index is 2.38. The fraction of sp³-hybridized carbons (Fsp3) is 0.615. The molecule has 0 aliphatic heterocycles. The minimum Gasteiger partial charge on any atom is -0.453 e. The molecule has 3 heteroatoms. The average Bonchev–Trinajstić information content (AvgIpc) is 2.24. The van der Waals surface area contributed by atoms with Crippen LogP contribution in [0.25, 0.3) is 0 Å². The summed E-state index contributed by atoms with van der Waals surface area (Å²) >= 11 is 0. The lowest BCUT2D eigenvalue weighted by atomic mass is 9.85. The van der Waals surface area contributed by atoms with E-state index in [2.05, 4.69) is 28.4 Å². The molecule has 16 heavy (non-hydrogen) atoms. The van der Waals surface area contributed by atoms with Gasteiger partial charge in [-0.1, -0.05) is 12.3 Å². The minimum absolute atomic E-state index is 0.0580. The normalized spacial score (nSPS) is 17.4. The van der Waals surface area contributed by atoms with Gasteiger partial charge < -0.3 is 9.84 Å². The molecule has 0 spiro atoms. The van der Waals surface area contributed by atoms with Crippen LogP contribution in [0, 0.1) is 23.7 Å². The average molecular weight is 220 g/mol. The van der Waals surface area contributed by atoms with Crippen LogP contribution in [0.1, 0.15) is 39.0 Å². The number of hydrogen-bond donors (Lipinski definition) is 1. The summed E-state index contributed by atoms with van der Waals surface area (Å²) in [5.74, 6) is 10.2. The van der Waals surface area contributed by atoms with Gasteiger partial charge >= 0.3 is 5.97 Å². The lowest BCUT2D eigenvalue weighted by Gasteiger charge is -2.26. The van der Waals surface area contributed by atoms with Crippen LogP contribution in [0.15, 0.2) is 0 Å². The van der Waals surface area contributed by atoms with Crippen molar-refractivity contribution in [2.75, 3.05) is 6.61 Å². The lowest BCUT2D eigenvalue weighted by Crippen LogP contribution is -2.29. The van der Waals surface area contributed by atoms with Gasteiger partial charge in [0.25, 0.3) is 0 Å². The van der Waals surface area contributed by atoms with E-state index in [1.54, 1.807) is 0 Å². The highest BCUT2D eigenvalue weighted by Crippen LogP contribution is 2.26. The van der Waals surface area contributed by atoms with Crippen LogP contribution in [0.3, 0.4) is 0 Å². The summed E-state index contributed by atoms with van der Waals surface area (Å²) in [4.78, 5) is 10.4. The van der Waals surface area contributed by atoms with E-state index >= 15 is 0 Å². The molecule has 1 rings (SSSR count). The predicted molar refractivity (Wildman–Crippen MR) is 60.2 cm³/mol. The summed E-state index contributed by atoms with van der Waals surface area (Å²) in [6, 6.07) is 0. The van der Waals surface area contributed by atoms with E-state index in [0.717, 1.165) is 25.7 Å². The molecule has 3 nitrogen and oxygen atoms in total. The fourth-order valence-electron chi connectivity index (χ4n) is 1.63. The van der Waals surface area contributed by atoms with Crippen LogP contribution in [0.2, 0.25) is 0 Å². The third-order valence-corrected chi connectivity index (χ3v) is 2.47. The number of esters is 1. The van der Waals surface area contributed by atoms with Crippen molar-refractivity contribution in [1.29, 1.82) is 0 Å². The van der Waals surface area contributed by atoms with Crippen molar-refractivity contribution in [3.63, 3.8) is 0 Å². The fourth-order valence-corrected chi connectivity index (χ4v) is 1.63. The molecule has 0 aromatic rings. The summed E-state index contributed by atoms with van der Waals surface area (Å²) in [6.07, 6.45) is 4.66. The quantitative estimate of drug-likeness (QED) is 0.534. The molecular formula is C13H16O3. The second-order valence-corrected chi connectivity index (χ2v) is 3.92. The first-order valence-corrected chi connectivity index (χ1v) is 5.48. The molecule has 0 heterocycles. The second kappa shape index (κ2) is 6.20. The molecule has 86 valence electrons. The minimum atomic E-state index is -0.853. The first-order chi connectivity index (χ1) is 7.62. The Bertz CT molecular complexity index is 356. The summed E-state index contributed by atoms with van der Waals surface area (Å²) < 4.78 is 4.62. The Morgan fingerprint density at radius 1 is 1.31 bits per heavy atom. The Morgan fingerprint density at radius 3 is 2.62 bits per heavy atom. The van der Waals surface area contributed by atoms with E-state index in [-0.39, 0.29) is 12.6 Å². The van der Waals surface area contributed by atoms with Crippen LogP contribution in [-0.2, 0) is 9.53 Å². The Morgan fingerprint density at radius 2 is 2.00 bits per heavy atom. The maximum absolute atomic E-state index is 10.4. The zero-order chi connectivity index (χ0) is 11.9. The van der Waals surface area contributed by atoms with E-state index in [0.29, 0.717) is 0 Å². The number of hydrogen-bond acceptors (Lipinski definition) is 3.